The number of benzene rings is 1. The molecule has 2 aliphatic rings. The van der Waals surface area contributed by atoms with Crippen LogP contribution in [0.5, 0.6) is 0 Å². The summed E-state index contributed by atoms with van der Waals surface area (Å²) in [4.78, 5) is 19.9. The van der Waals surface area contributed by atoms with E-state index >= 15 is 0 Å². The van der Waals surface area contributed by atoms with Crippen LogP contribution >= 0.6 is 11.3 Å². The van der Waals surface area contributed by atoms with E-state index in [-0.39, 0.29) is 17.4 Å². The highest BCUT2D eigenvalue weighted by molar-refractivity contribution is 7.17. The van der Waals surface area contributed by atoms with Gasteiger partial charge in [-0.3, -0.25) is 4.79 Å². The standard InChI is InChI=1S/C19H23N3O2S/c1-12-16(25-18(20-2)21-12)17(24)22-9-7-19(8-10-22)14-6-4-3-5-13(14)11-15(19)23/h3-6,15,23H,7-11H2,1-2H3,(H,20,21). The van der Waals surface area contributed by atoms with Gasteiger partial charge in [-0.1, -0.05) is 35.6 Å². The second-order valence-electron chi connectivity index (χ2n) is 7.01. The molecule has 5 nitrogen and oxygen atoms in total. The van der Waals surface area contributed by atoms with E-state index in [2.05, 4.69) is 28.5 Å². The molecule has 2 N–H and O–H groups in total. The Balaban J connectivity index is 1.54. The Morgan fingerprint density at radius 2 is 2.08 bits per heavy atom. The smallest absolute Gasteiger partial charge is 0.265 e. The number of thiazole rings is 1. The number of carbonyl (C=O) groups is 1. The first-order valence-corrected chi connectivity index (χ1v) is 9.58. The van der Waals surface area contributed by atoms with E-state index in [1.165, 1.54) is 22.5 Å². The highest BCUT2D eigenvalue weighted by Crippen LogP contribution is 2.46. The van der Waals surface area contributed by atoms with Crippen LogP contribution in [0.25, 0.3) is 0 Å². The molecule has 2 heterocycles. The number of aromatic nitrogens is 1. The molecule has 1 fully saturated rings. The second-order valence-corrected chi connectivity index (χ2v) is 8.01. The lowest BCUT2D eigenvalue weighted by atomic mass is 9.72. The molecule has 1 saturated heterocycles. The van der Waals surface area contributed by atoms with Crippen molar-refractivity contribution in [1.82, 2.24) is 9.88 Å². The largest absolute Gasteiger partial charge is 0.392 e. The summed E-state index contributed by atoms with van der Waals surface area (Å²) in [6, 6.07) is 8.35. The summed E-state index contributed by atoms with van der Waals surface area (Å²) in [7, 11) is 1.82. The molecule has 25 heavy (non-hydrogen) atoms. The molecule has 1 atom stereocenters. The number of hydrogen-bond donors (Lipinski definition) is 2. The number of nitrogens with zero attached hydrogens (tertiary/aromatic N) is 2. The lowest BCUT2D eigenvalue weighted by Gasteiger charge is -2.42. The summed E-state index contributed by atoms with van der Waals surface area (Å²) >= 11 is 1.41. The van der Waals surface area contributed by atoms with Gasteiger partial charge in [0.1, 0.15) is 4.88 Å². The first kappa shape index (κ1) is 16.5. The molecule has 1 aromatic heterocycles. The van der Waals surface area contributed by atoms with E-state index < -0.39 is 0 Å². The molecule has 1 aliphatic heterocycles. The molecule has 1 unspecified atom stereocenters. The molecule has 2 aromatic rings. The van der Waals surface area contributed by atoms with Crippen molar-refractivity contribution in [3.8, 4) is 0 Å². The van der Waals surface area contributed by atoms with Crippen molar-refractivity contribution in [2.24, 2.45) is 0 Å². The number of aliphatic hydroxyl groups excluding tert-OH is 1. The first-order valence-electron chi connectivity index (χ1n) is 8.76. The molecule has 1 aliphatic carbocycles. The van der Waals surface area contributed by atoms with Crippen LogP contribution in [-0.2, 0) is 11.8 Å². The SMILES string of the molecule is CNc1nc(C)c(C(=O)N2CCC3(CC2)c2ccccc2CC3O)s1. The number of fused-ring (bicyclic) bond motifs is 2. The van der Waals surface area contributed by atoms with Crippen molar-refractivity contribution in [2.75, 3.05) is 25.5 Å². The van der Waals surface area contributed by atoms with Gasteiger partial charge in [0.25, 0.3) is 5.91 Å². The molecule has 1 spiro atoms. The summed E-state index contributed by atoms with van der Waals surface area (Å²) in [5, 5.41) is 14.5. The van der Waals surface area contributed by atoms with Gasteiger partial charge in [-0.15, -0.1) is 0 Å². The van der Waals surface area contributed by atoms with Crippen LogP contribution in [0.15, 0.2) is 24.3 Å². The van der Waals surface area contributed by atoms with Crippen LogP contribution in [0.3, 0.4) is 0 Å². The van der Waals surface area contributed by atoms with Gasteiger partial charge in [0.2, 0.25) is 0 Å². The van der Waals surface area contributed by atoms with Crippen LogP contribution in [0, 0.1) is 6.92 Å². The van der Waals surface area contributed by atoms with E-state index in [0.717, 1.165) is 30.1 Å². The fourth-order valence-electron chi connectivity index (χ4n) is 4.32. The van der Waals surface area contributed by atoms with E-state index in [9.17, 15) is 9.90 Å². The summed E-state index contributed by atoms with van der Waals surface area (Å²) in [5.74, 6) is 0.0621. The van der Waals surface area contributed by atoms with Crippen molar-refractivity contribution < 1.29 is 9.90 Å². The minimum Gasteiger partial charge on any atom is -0.392 e. The molecule has 132 valence electrons. The van der Waals surface area contributed by atoms with Crippen LogP contribution < -0.4 is 5.32 Å². The Morgan fingerprint density at radius 1 is 1.36 bits per heavy atom. The van der Waals surface area contributed by atoms with E-state index in [1.54, 1.807) is 0 Å². The zero-order chi connectivity index (χ0) is 17.6. The topological polar surface area (TPSA) is 65.5 Å². The zero-order valence-corrected chi connectivity index (χ0v) is 15.4. The van der Waals surface area contributed by atoms with Crippen molar-refractivity contribution >= 4 is 22.4 Å². The number of carbonyl (C=O) groups excluding carboxylic acids is 1. The Hall–Kier alpha value is -1.92. The number of amides is 1. The Kier molecular flexibility index (Phi) is 4.04. The van der Waals surface area contributed by atoms with Crippen LogP contribution in [0.2, 0.25) is 0 Å². The molecule has 6 heteroatoms. The number of likely N-dealkylation sites (tertiary alicyclic amines) is 1. The van der Waals surface area contributed by atoms with E-state index in [1.807, 2.05) is 24.9 Å². The van der Waals surface area contributed by atoms with Gasteiger partial charge in [-0.05, 0) is 37.3 Å². The summed E-state index contributed by atoms with van der Waals surface area (Å²) in [5.41, 5.74) is 3.13. The predicted molar refractivity (Wildman–Crippen MR) is 99.4 cm³/mol. The van der Waals surface area contributed by atoms with Crippen molar-refractivity contribution in [1.29, 1.82) is 0 Å². The number of piperidine rings is 1. The predicted octanol–water partition coefficient (Wildman–Crippen LogP) is 2.58. The maximum Gasteiger partial charge on any atom is 0.265 e. The van der Waals surface area contributed by atoms with Crippen molar-refractivity contribution in [3.05, 3.63) is 46.0 Å². The fourth-order valence-corrected chi connectivity index (χ4v) is 5.21. The number of nitrogens with one attached hydrogen (secondary N) is 1. The lowest BCUT2D eigenvalue weighted by Crippen LogP contribution is -2.49. The monoisotopic (exact) mass is 357 g/mol. The quantitative estimate of drug-likeness (QED) is 0.867. The molecule has 0 saturated carbocycles. The Morgan fingerprint density at radius 3 is 2.76 bits per heavy atom. The normalized spacial score (nSPS) is 21.4. The number of rotatable bonds is 2. The van der Waals surface area contributed by atoms with Gasteiger partial charge >= 0.3 is 0 Å². The third-order valence-corrected chi connectivity index (χ3v) is 6.92. The van der Waals surface area contributed by atoms with E-state index in [0.29, 0.717) is 18.0 Å². The highest BCUT2D eigenvalue weighted by Gasteiger charge is 2.48. The molecular weight excluding hydrogens is 334 g/mol. The molecular formula is C19H23N3O2S. The molecule has 4 rings (SSSR count). The maximum atomic E-state index is 12.9. The zero-order valence-electron chi connectivity index (χ0n) is 14.6. The molecule has 0 bridgehead atoms. The fraction of sp³-hybridized carbons (Fsp3) is 0.474. The average molecular weight is 357 g/mol. The van der Waals surface area contributed by atoms with Crippen LogP contribution in [-0.4, -0.2) is 47.1 Å². The van der Waals surface area contributed by atoms with Gasteiger partial charge in [-0.2, -0.15) is 0 Å². The summed E-state index contributed by atoms with van der Waals surface area (Å²) in [6.45, 7) is 3.24. The van der Waals surface area contributed by atoms with Crippen LogP contribution in [0.1, 0.15) is 39.3 Å². The molecule has 1 amide bonds. The van der Waals surface area contributed by atoms with Gasteiger partial charge < -0.3 is 15.3 Å². The Bertz CT molecular complexity index is 809. The molecule has 0 radical (unpaired) electrons. The van der Waals surface area contributed by atoms with Crippen molar-refractivity contribution in [3.63, 3.8) is 0 Å². The number of hydrogen-bond acceptors (Lipinski definition) is 5. The number of anilines is 1. The maximum absolute atomic E-state index is 12.9. The average Bonchev–Trinajstić information content (AvgIpc) is 3.14. The van der Waals surface area contributed by atoms with Gasteiger partial charge in [-0.25, -0.2) is 4.98 Å². The van der Waals surface area contributed by atoms with Crippen molar-refractivity contribution in [2.45, 2.75) is 37.7 Å². The number of aliphatic hydroxyl groups is 1. The molecule has 1 aromatic carbocycles. The lowest BCUT2D eigenvalue weighted by molar-refractivity contribution is 0.0367. The highest BCUT2D eigenvalue weighted by atomic mass is 32.1. The van der Waals surface area contributed by atoms with Gasteiger partial charge in [0, 0.05) is 25.6 Å². The van der Waals surface area contributed by atoms with Gasteiger partial charge in [0.05, 0.1) is 11.8 Å². The summed E-state index contributed by atoms with van der Waals surface area (Å²) < 4.78 is 0. The minimum absolute atomic E-state index is 0.0621. The van der Waals surface area contributed by atoms with E-state index in [4.69, 9.17) is 0 Å². The van der Waals surface area contributed by atoms with Gasteiger partial charge in [0.15, 0.2) is 5.13 Å². The Labute approximate surface area is 151 Å². The third kappa shape index (κ3) is 2.55. The minimum atomic E-state index is -0.344. The number of aryl methyl sites for hydroxylation is 1. The third-order valence-electron chi connectivity index (χ3n) is 5.75. The summed E-state index contributed by atoms with van der Waals surface area (Å²) in [6.07, 6.45) is 2.01. The second kappa shape index (κ2) is 6.11. The first-order chi connectivity index (χ1) is 12.0. The van der Waals surface area contributed by atoms with Crippen LogP contribution in [0.4, 0.5) is 5.13 Å².